The molecule has 3 N–H and O–H groups in total. The number of carbonyl (C=O) groups excluding carboxylic acids is 1. The predicted octanol–water partition coefficient (Wildman–Crippen LogP) is -0.334. The molecule has 1 heterocycles. The zero-order chi connectivity index (χ0) is 11.1. The van der Waals surface area contributed by atoms with Crippen molar-refractivity contribution in [2.24, 2.45) is 11.7 Å². The number of rotatable bonds is 5. The molecule has 1 rings (SSSR count). The zero-order valence-electron chi connectivity index (χ0n) is 8.85. The average Bonchev–Trinajstić information content (AvgIpc) is 2.27. The fourth-order valence-corrected chi connectivity index (χ4v) is 1.48. The Balaban J connectivity index is 2.14. The molecule has 0 aromatic rings. The van der Waals surface area contributed by atoms with Crippen molar-refractivity contribution in [1.29, 1.82) is 0 Å². The lowest BCUT2D eigenvalue weighted by molar-refractivity contribution is -0.147. The van der Waals surface area contributed by atoms with E-state index in [1.807, 2.05) is 0 Å². The van der Waals surface area contributed by atoms with E-state index >= 15 is 0 Å². The van der Waals surface area contributed by atoms with E-state index in [0.717, 1.165) is 26.1 Å². The minimum Gasteiger partial charge on any atom is -0.464 e. The van der Waals surface area contributed by atoms with E-state index in [9.17, 15) is 4.79 Å². The summed E-state index contributed by atoms with van der Waals surface area (Å²) in [5, 5.41) is 8.60. The van der Waals surface area contributed by atoms with Gasteiger partial charge in [-0.3, -0.25) is 4.79 Å². The summed E-state index contributed by atoms with van der Waals surface area (Å²) in [6, 6.07) is -0.699. The van der Waals surface area contributed by atoms with Crippen molar-refractivity contribution in [2.45, 2.75) is 25.3 Å². The summed E-state index contributed by atoms with van der Waals surface area (Å²) in [5.41, 5.74) is 5.48. The van der Waals surface area contributed by atoms with Crippen LogP contribution in [0.5, 0.6) is 0 Å². The lowest BCUT2D eigenvalue weighted by Gasteiger charge is -2.22. The highest BCUT2D eigenvalue weighted by Gasteiger charge is 2.19. The van der Waals surface area contributed by atoms with Gasteiger partial charge in [-0.1, -0.05) is 0 Å². The lowest BCUT2D eigenvalue weighted by atomic mass is 10.0. The van der Waals surface area contributed by atoms with Crippen molar-refractivity contribution in [3.05, 3.63) is 0 Å². The molecule has 1 aliphatic heterocycles. The predicted molar refractivity (Wildman–Crippen MR) is 54.2 cm³/mol. The van der Waals surface area contributed by atoms with Crippen LogP contribution in [0.3, 0.4) is 0 Å². The molecule has 15 heavy (non-hydrogen) atoms. The van der Waals surface area contributed by atoms with Crippen LogP contribution in [0.2, 0.25) is 0 Å². The van der Waals surface area contributed by atoms with Crippen LogP contribution < -0.4 is 5.73 Å². The summed E-state index contributed by atoms with van der Waals surface area (Å²) in [4.78, 5) is 11.3. The number of esters is 1. The molecular weight excluding hydrogens is 198 g/mol. The largest absolute Gasteiger partial charge is 0.464 e. The molecule has 1 saturated heterocycles. The van der Waals surface area contributed by atoms with Gasteiger partial charge in [0.25, 0.3) is 0 Å². The normalized spacial score (nSPS) is 19.9. The maximum absolute atomic E-state index is 11.3. The molecule has 1 aliphatic rings. The van der Waals surface area contributed by atoms with E-state index in [1.165, 1.54) is 0 Å². The maximum atomic E-state index is 11.3. The highest BCUT2D eigenvalue weighted by molar-refractivity contribution is 5.75. The summed E-state index contributed by atoms with van der Waals surface area (Å²) in [5.74, 6) is -0.0282. The Morgan fingerprint density at radius 1 is 1.53 bits per heavy atom. The van der Waals surface area contributed by atoms with E-state index < -0.39 is 12.0 Å². The van der Waals surface area contributed by atoms with Gasteiger partial charge in [0.2, 0.25) is 0 Å². The van der Waals surface area contributed by atoms with Gasteiger partial charge in [-0.2, -0.15) is 0 Å². The van der Waals surface area contributed by atoms with Gasteiger partial charge in [0.1, 0.15) is 6.04 Å². The second-order valence-corrected chi connectivity index (χ2v) is 3.80. The molecule has 5 heteroatoms. The maximum Gasteiger partial charge on any atom is 0.323 e. The van der Waals surface area contributed by atoms with Crippen molar-refractivity contribution in [3.8, 4) is 0 Å². The van der Waals surface area contributed by atoms with Crippen LogP contribution in [-0.4, -0.2) is 43.5 Å². The van der Waals surface area contributed by atoms with Gasteiger partial charge in [-0.15, -0.1) is 0 Å². The Bertz CT molecular complexity index is 192. The van der Waals surface area contributed by atoms with Gasteiger partial charge in [-0.05, 0) is 25.2 Å². The van der Waals surface area contributed by atoms with Crippen molar-refractivity contribution < 1.29 is 19.4 Å². The summed E-state index contributed by atoms with van der Waals surface area (Å²) in [6.07, 6.45) is 2.12. The van der Waals surface area contributed by atoms with Gasteiger partial charge < -0.3 is 20.3 Å². The number of aliphatic hydroxyl groups excluding tert-OH is 1. The first-order valence-electron chi connectivity index (χ1n) is 5.35. The minimum atomic E-state index is -0.699. The number of carbonyl (C=O) groups is 1. The fraction of sp³-hybridized carbons (Fsp3) is 0.900. The van der Waals surface area contributed by atoms with Crippen LogP contribution in [0.1, 0.15) is 19.3 Å². The van der Waals surface area contributed by atoms with Gasteiger partial charge in [0, 0.05) is 19.8 Å². The minimum absolute atomic E-state index is 0.0897. The molecule has 0 amide bonds. The summed E-state index contributed by atoms with van der Waals surface area (Å²) >= 11 is 0. The quantitative estimate of drug-likeness (QED) is 0.616. The first kappa shape index (κ1) is 12.4. The molecule has 0 unspecified atom stereocenters. The summed E-state index contributed by atoms with van der Waals surface area (Å²) < 4.78 is 10.3. The van der Waals surface area contributed by atoms with Crippen LogP contribution in [0.15, 0.2) is 0 Å². The van der Waals surface area contributed by atoms with Crippen LogP contribution in [0, 0.1) is 5.92 Å². The second-order valence-electron chi connectivity index (χ2n) is 3.80. The average molecular weight is 217 g/mol. The summed E-state index contributed by atoms with van der Waals surface area (Å²) in [6.45, 7) is 1.81. The van der Waals surface area contributed by atoms with Crippen molar-refractivity contribution in [3.63, 3.8) is 0 Å². The molecule has 0 aliphatic carbocycles. The molecule has 0 saturated carbocycles. The molecule has 0 spiro atoms. The molecule has 0 radical (unpaired) electrons. The number of ether oxygens (including phenoxy) is 2. The van der Waals surface area contributed by atoms with Crippen LogP contribution in [0.4, 0.5) is 0 Å². The molecule has 0 aromatic carbocycles. The Hall–Kier alpha value is -0.650. The zero-order valence-corrected chi connectivity index (χ0v) is 8.85. The third kappa shape index (κ3) is 4.59. The molecule has 5 nitrogen and oxygen atoms in total. The number of hydrogen-bond acceptors (Lipinski definition) is 5. The monoisotopic (exact) mass is 217 g/mol. The van der Waals surface area contributed by atoms with Crippen molar-refractivity contribution in [1.82, 2.24) is 0 Å². The Morgan fingerprint density at radius 2 is 2.20 bits per heavy atom. The highest BCUT2D eigenvalue weighted by atomic mass is 16.5. The van der Waals surface area contributed by atoms with E-state index in [2.05, 4.69) is 0 Å². The highest BCUT2D eigenvalue weighted by Crippen LogP contribution is 2.14. The summed E-state index contributed by atoms with van der Waals surface area (Å²) in [7, 11) is 0. The fourth-order valence-electron chi connectivity index (χ4n) is 1.48. The number of hydrogen-bond donors (Lipinski definition) is 2. The van der Waals surface area contributed by atoms with Crippen molar-refractivity contribution >= 4 is 5.97 Å². The van der Waals surface area contributed by atoms with Crippen molar-refractivity contribution in [2.75, 3.05) is 26.4 Å². The first-order valence-corrected chi connectivity index (χ1v) is 5.35. The van der Waals surface area contributed by atoms with E-state index in [0.29, 0.717) is 12.5 Å². The van der Waals surface area contributed by atoms with E-state index in [4.69, 9.17) is 20.3 Å². The smallest absolute Gasteiger partial charge is 0.323 e. The van der Waals surface area contributed by atoms with Gasteiger partial charge >= 0.3 is 5.97 Å². The Labute approximate surface area is 89.5 Å². The van der Waals surface area contributed by atoms with Gasteiger partial charge in [0.15, 0.2) is 0 Å². The molecule has 1 atom stereocenters. The third-order valence-electron chi connectivity index (χ3n) is 2.55. The Kier molecular flexibility index (Phi) is 5.60. The third-order valence-corrected chi connectivity index (χ3v) is 2.55. The molecule has 88 valence electrons. The number of nitrogens with two attached hydrogens (primary N) is 1. The van der Waals surface area contributed by atoms with Crippen LogP contribution in [0.25, 0.3) is 0 Å². The SMILES string of the molecule is N[C@H](CCO)C(=O)OCC1CCOCC1. The standard InChI is InChI=1S/C10H19NO4/c11-9(1-4-12)10(13)15-7-8-2-5-14-6-3-8/h8-9,12H,1-7,11H2/t9-/m1/s1. The van der Waals surface area contributed by atoms with Gasteiger partial charge in [0.05, 0.1) is 6.61 Å². The van der Waals surface area contributed by atoms with E-state index in [-0.39, 0.29) is 13.0 Å². The molecule has 0 bridgehead atoms. The first-order chi connectivity index (χ1) is 7.24. The van der Waals surface area contributed by atoms with E-state index in [1.54, 1.807) is 0 Å². The molecular formula is C10H19NO4. The second kappa shape index (κ2) is 6.76. The Morgan fingerprint density at radius 3 is 2.80 bits per heavy atom. The van der Waals surface area contributed by atoms with Crippen LogP contribution in [-0.2, 0) is 14.3 Å². The van der Waals surface area contributed by atoms with Gasteiger partial charge in [-0.25, -0.2) is 0 Å². The molecule has 1 fully saturated rings. The molecule has 0 aromatic heterocycles. The topological polar surface area (TPSA) is 81.8 Å². The number of aliphatic hydroxyl groups is 1. The lowest BCUT2D eigenvalue weighted by Crippen LogP contribution is -2.34. The van der Waals surface area contributed by atoms with Crippen LogP contribution >= 0.6 is 0 Å².